The van der Waals surface area contributed by atoms with E-state index in [0.717, 1.165) is 31.7 Å². The molecule has 1 N–H and O–H groups in total. The van der Waals surface area contributed by atoms with E-state index in [1.165, 1.54) is 32.1 Å². The number of nitrogens with zero attached hydrogens (tertiary/aromatic N) is 1. The Morgan fingerprint density at radius 2 is 1.75 bits per heavy atom. The Hall–Kier alpha value is -0.130. The van der Waals surface area contributed by atoms with Crippen molar-refractivity contribution in [1.82, 2.24) is 9.62 Å². The number of hydrogen-bond donors (Lipinski definition) is 1. The molecule has 4 nitrogen and oxygen atoms in total. The van der Waals surface area contributed by atoms with Gasteiger partial charge in [0.25, 0.3) is 0 Å². The van der Waals surface area contributed by atoms with E-state index in [1.54, 1.807) is 11.4 Å². The molecule has 0 heterocycles. The first-order valence-corrected chi connectivity index (χ1v) is 9.83. The first kappa shape index (κ1) is 16.2. The van der Waals surface area contributed by atoms with Crippen LogP contribution in [0, 0.1) is 5.92 Å². The largest absolute Gasteiger partial charge is 0.314 e. The molecule has 0 amide bonds. The standard InChI is InChI=1S/C15H30N2O2S/c1-3-13-5-9-15(10-6-13)17(2)20(18,19)12-4-11-16-14-7-8-14/h13-16H,3-12H2,1-2H3. The highest BCUT2D eigenvalue weighted by Crippen LogP contribution is 2.30. The quantitative estimate of drug-likeness (QED) is 0.700. The Bertz CT molecular complexity index is 385. The minimum absolute atomic E-state index is 0.235. The zero-order valence-electron chi connectivity index (χ0n) is 13.0. The molecule has 0 atom stereocenters. The molecule has 0 aromatic carbocycles. The first-order chi connectivity index (χ1) is 9.53. The summed E-state index contributed by atoms with van der Waals surface area (Å²) >= 11 is 0. The van der Waals surface area contributed by atoms with Crippen LogP contribution >= 0.6 is 0 Å². The van der Waals surface area contributed by atoms with E-state index < -0.39 is 10.0 Å². The van der Waals surface area contributed by atoms with Crippen LogP contribution in [0.15, 0.2) is 0 Å². The fourth-order valence-corrected chi connectivity index (χ4v) is 4.60. The average Bonchev–Trinajstić information content (AvgIpc) is 3.27. The molecule has 0 unspecified atom stereocenters. The summed E-state index contributed by atoms with van der Waals surface area (Å²) in [6.07, 6.45) is 8.92. The third kappa shape index (κ3) is 4.71. The van der Waals surface area contributed by atoms with Crippen LogP contribution in [0.5, 0.6) is 0 Å². The van der Waals surface area contributed by atoms with Gasteiger partial charge in [0.1, 0.15) is 0 Å². The van der Waals surface area contributed by atoms with Crippen molar-refractivity contribution in [2.75, 3.05) is 19.3 Å². The summed E-state index contributed by atoms with van der Waals surface area (Å²) in [7, 11) is -1.29. The number of nitrogens with one attached hydrogen (secondary N) is 1. The molecule has 5 heteroatoms. The van der Waals surface area contributed by atoms with Crippen molar-refractivity contribution in [1.29, 1.82) is 0 Å². The fourth-order valence-electron chi connectivity index (χ4n) is 3.14. The lowest BCUT2D eigenvalue weighted by atomic mass is 9.85. The predicted molar refractivity (Wildman–Crippen MR) is 83.2 cm³/mol. The molecule has 0 saturated heterocycles. The molecule has 2 fully saturated rings. The van der Waals surface area contributed by atoms with Gasteiger partial charge >= 0.3 is 0 Å². The van der Waals surface area contributed by atoms with Crippen molar-refractivity contribution in [3.63, 3.8) is 0 Å². The van der Waals surface area contributed by atoms with Crippen LogP contribution in [-0.2, 0) is 10.0 Å². The van der Waals surface area contributed by atoms with Gasteiger partial charge < -0.3 is 5.32 Å². The lowest BCUT2D eigenvalue weighted by Gasteiger charge is -2.33. The summed E-state index contributed by atoms with van der Waals surface area (Å²) in [4.78, 5) is 0. The maximum Gasteiger partial charge on any atom is 0.214 e. The highest BCUT2D eigenvalue weighted by molar-refractivity contribution is 7.89. The van der Waals surface area contributed by atoms with Crippen molar-refractivity contribution in [2.45, 2.75) is 70.4 Å². The highest BCUT2D eigenvalue weighted by Gasteiger charge is 2.29. The zero-order valence-corrected chi connectivity index (χ0v) is 13.8. The van der Waals surface area contributed by atoms with Crippen LogP contribution in [0.3, 0.4) is 0 Å². The number of rotatable bonds is 8. The van der Waals surface area contributed by atoms with Crippen molar-refractivity contribution in [3.05, 3.63) is 0 Å². The van der Waals surface area contributed by atoms with Crippen LogP contribution in [0.25, 0.3) is 0 Å². The van der Waals surface area contributed by atoms with Crippen molar-refractivity contribution >= 4 is 10.0 Å². The summed E-state index contributed by atoms with van der Waals surface area (Å²) in [6.45, 7) is 3.07. The van der Waals surface area contributed by atoms with Gasteiger partial charge in [-0.2, -0.15) is 0 Å². The van der Waals surface area contributed by atoms with Gasteiger partial charge in [0.15, 0.2) is 0 Å². The third-order valence-corrected chi connectivity index (χ3v) is 6.92. The summed E-state index contributed by atoms with van der Waals surface area (Å²) in [5.41, 5.74) is 0. The van der Waals surface area contributed by atoms with E-state index in [0.29, 0.717) is 6.04 Å². The summed E-state index contributed by atoms with van der Waals surface area (Å²) in [5, 5.41) is 3.38. The number of sulfonamides is 1. The monoisotopic (exact) mass is 302 g/mol. The van der Waals surface area contributed by atoms with Crippen LogP contribution in [-0.4, -0.2) is 44.2 Å². The Kier molecular flexibility index (Phi) is 5.87. The van der Waals surface area contributed by atoms with Crippen LogP contribution in [0.1, 0.15) is 58.3 Å². The molecule has 2 aliphatic rings. The molecule has 20 heavy (non-hydrogen) atoms. The highest BCUT2D eigenvalue weighted by atomic mass is 32.2. The van der Waals surface area contributed by atoms with E-state index in [4.69, 9.17) is 0 Å². The van der Waals surface area contributed by atoms with Gasteiger partial charge in [0.05, 0.1) is 5.75 Å². The number of hydrogen-bond acceptors (Lipinski definition) is 3. The molecule has 0 spiro atoms. The third-order valence-electron chi connectivity index (χ3n) is 4.94. The van der Waals surface area contributed by atoms with E-state index in [-0.39, 0.29) is 11.8 Å². The van der Waals surface area contributed by atoms with Gasteiger partial charge in [-0.15, -0.1) is 0 Å². The maximum atomic E-state index is 12.3. The van der Waals surface area contributed by atoms with Crippen LogP contribution in [0.2, 0.25) is 0 Å². The Morgan fingerprint density at radius 3 is 2.30 bits per heavy atom. The zero-order chi connectivity index (χ0) is 14.6. The summed E-state index contributed by atoms with van der Waals surface area (Å²) < 4.78 is 26.3. The van der Waals surface area contributed by atoms with E-state index >= 15 is 0 Å². The summed E-state index contributed by atoms with van der Waals surface area (Å²) in [6, 6.07) is 0.902. The predicted octanol–water partition coefficient (Wildman–Crippen LogP) is 2.36. The first-order valence-electron chi connectivity index (χ1n) is 8.22. The molecule has 2 saturated carbocycles. The Balaban J connectivity index is 1.72. The van der Waals surface area contributed by atoms with Crippen LogP contribution in [0.4, 0.5) is 0 Å². The maximum absolute atomic E-state index is 12.3. The van der Waals surface area contributed by atoms with Gasteiger partial charge in [-0.25, -0.2) is 12.7 Å². The second kappa shape index (κ2) is 7.23. The molecule has 2 rings (SSSR count). The molecule has 0 bridgehead atoms. The average molecular weight is 302 g/mol. The molecule has 0 radical (unpaired) electrons. The minimum atomic E-state index is -3.07. The van der Waals surface area contributed by atoms with Crippen molar-refractivity contribution in [3.8, 4) is 0 Å². The van der Waals surface area contributed by atoms with Gasteiger partial charge in [0.2, 0.25) is 10.0 Å². The van der Waals surface area contributed by atoms with Crippen LogP contribution < -0.4 is 5.32 Å². The smallest absolute Gasteiger partial charge is 0.214 e. The van der Waals surface area contributed by atoms with Gasteiger partial charge in [-0.3, -0.25) is 0 Å². The van der Waals surface area contributed by atoms with Crippen molar-refractivity contribution in [2.24, 2.45) is 5.92 Å². The normalized spacial score (nSPS) is 27.9. The SMILES string of the molecule is CCC1CCC(N(C)S(=O)(=O)CCCNC2CC2)CC1. The van der Waals surface area contributed by atoms with Gasteiger partial charge in [-0.05, 0) is 57.4 Å². The van der Waals surface area contributed by atoms with E-state index in [2.05, 4.69) is 12.2 Å². The second-order valence-corrected chi connectivity index (χ2v) is 8.65. The fraction of sp³-hybridized carbons (Fsp3) is 1.00. The molecule has 2 aliphatic carbocycles. The topological polar surface area (TPSA) is 49.4 Å². The Labute approximate surface area is 124 Å². The molecule has 118 valence electrons. The second-order valence-electron chi connectivity index (χ2n) is 6.50. The minimum Gasteiger partial charge on any atom is -0.314 e. The molecular weight excluding hydrogens is 272 g/mol. The Morgan fingerprint density at radius 1 is 1.10 bits per heavy atom. The van der Waals surface area contributed by atoms with Gasteiger partial charge in [0, 0.05) is 19.1 Å². The molecule has 0 aliphatic heterocycles. The van der Waals surface area contributed by atoms with Gasteiger partial charge in [-0.1, -0.05) is 13.3 Å². The van der Waals surface area contributed by atoms with Crippen molar-refractivity contribution < 1.29 is 8.42 Å². The van der Waals surface area contributed by atoms with E-state index in [9.17, 15) is 8.42 Å². The molecule has 0 aromatic rings. The lowest BCUT2D eigenvalue weighted by molar-refractivity contribution is 0.233. The van der Waals surface area contributed by atoms with E-state index in [1.807, 2.05) is 0 Å². The molecular formula is C15H30N2O2S. The summed E-state index contributed by atoms with van der Waals surface area (Å²) in [5.74, 6) is 1.10. The molecule has 0 aromatic heterocycles. The lowest BCUT2D eigenvalue weighted by Crippen LogP contribution is -2.41.